The van der Waals surface area contributed by atoms with Crippen LogP contribution in [0.25, 0.3) is 0 Å². The molecule has 1 aromatic heterocycles. The van der Waals surface area contributed by atoms with Crippen molar-refractivity contribution >= 4 is 0 Å². The van der Waals surface area contributed by atoms with Crippen LogP contribution >= 0.6 is 0 Å². The first-order chi connectivity index (χ1) is 9.72. The van der Waals surface area contributed by atoms with E-state index in [-0.39, 0.29) is 6.04 Å². The second-order valence-corrected chi connectivity index (χ2v) is 5.46. The Balaban J connectivity index is 2.26. The maximum absolute atomic E-state index is 4.50. The molecule has 2 rings (SSSR count). The third-order valence-corrected chi connectivity index (χ3v) is 3.52. The van der Waals surface area contributed by atoms with Gasteiger partial charge in [-0.2, -0.15) is 0 Å². The summed E-state index contributed by atoms with van der Waals surface area (Å²) in [6.07, 6.45) is 2.98. The van der Waals surface area contributed by atoms with E-state index in [0.29, 0.717) is 5.92 Å². The Morgan fingerprint density at radius 2 is 1.70 bits per heavy atom. The van der Waals surface area contributed by atoms with Gasteiger partial charge in [-0.15, -0.1) is 0 Å². The summed E-state index contributed by atoms with van der Waals surface area (Å²) in [5, 5.41) is 3.59. The first-order valence-electron chi connectivity index (χ1n) is 7.46. The van der Waals surface area contributed by atoms with Gasteiger partial charge in [-0.05, 0) is 42.1 Å². The zero-order valence-electron chi connectivity index (χ0n) is 12.6. The second kappa shape index (κ2) is 7.20. The number of aromatic nitrogens is 1. The zero-order chi connectivity index (χ0) is 14.4. The summed E-state index contributed by atoms with van der Waals surface area (Å²) in [6.45, 7) is 7.62. The number of nitrogens with zero attached hydrogens (tertiary/aromatic N) is 1. The van der Waals surface area contributed by atoms with E-state index in [2.05, 4.69) is 61.4 Å². The van der Waals surface area contributed by atoms with Crippen LogP contribution in [0.5, 0.6) is 0 Å². The Bertz CT molecular complexity index is 503. The minimum absolute atomic E-state index is 0.178. The summed E-state index contributed by atoms with van der Waals surface area (Å²) < 4.78 is 0. The highest BCUT2D eigenvalue weighted by Crippen LogP contribution is 2.23. The lowest BCUT2D eigenvalue weighted by Crippen LogP contribution is -2.24. The molecule has 1 heterocycles. The lowest BCUT2D eigenvalue weighted by molar-refractivity contribution is 0.586. The van der Waals surface area contributed by atoms with Crippen molar-refractivity contribution in [1.29, 1.82) is 0 Å². The lowest BCUT2D eigenvalue weighted by Gasteiger charge is -2.19. The van der Waals surface area contributed by atoms with Crippen molar-refractivity contribution in [2.75, 3.05) is 6.54 Å². The van der Waals surface area contributed by atoms with Crippen LogP contribution in [-0.4, -0.2) is 11.5 Å². The average Bonchev–Trinajstić information content (AvgIpc) is 2.49. The molecule has 2 nitrogen and oxygen atoms in total. The molecular formula is C18H24N2. The van der Waals surface area contributed by atoms with E-state index in [1.165, 1.54) is 11.1 Å². The van der Waals surface area contributed by atoms with E-state index < -0.39 is 0 Å². The highest BCUT2D eigenvalue weighted by Gasteiger charge is 2.14. The van der Waals surface area contributed by atoms with Crippen molar-refractivity contribution in [2.45, 2.75) is 39.2 Å². The first-order valence-corrected chi connectivity index (χ1v) is 7.46. The molecule has 106 valence electrons. The van der Waals surface area contributed by atoms with E-state index in [1.807, 2.05) is 18.3 Å². The van der Waals surface area contributed by atoms with Gasteiger partial charge in [-0.25, -0.2) is 0 Å². The molecule has 1 aromatic carbocycles. The molecule has 1 N–H and O–H groups in total. The molecule has 1 atom stereocenters. The van der Waals surface area contributed by atoms with Crippen molar-refractivity contribution in [1.82, 2.24) is 10.3 Å². The largest absolute Gasteiger partial charge is 0.305 e. The first kappa shape index (κ1) is 14.7. The quantitative estimate of drug-likeness (QED) is 0.845. The van der Waals surface area contributed by atoms with Crippen molar-refractivity contribution < 1.29 is 0 Å². The normalized spacial score (nSPS) is 12.6. The molecule has 0 saturated heterocycles. The van der Waals surface area contributed by atoms with Crippen LogP contribution < -0.4 is 5.32 Å². The minimum atomic E-state index is 0.178. The number of benzene rings is 1. The van der Waals surface area contributed by atoms with E-state index in [1.54, 1.807) is 0 Å². The molecule has 0 aliphatic carbocycles. The molecule has 0 amide bonds. The molecule has 0 radical (unpaired) electrons. The van der Waals surface area contributed by atoms with Crippen LogP contribution in [-0.2, 0) is 0 Å². The molecule has 1 unspecified atom stereocenters. The number of hydrogen-bond acceptors (Lipinski definition) is 2. The monoisotopic (exact) mass is 268 g/mol. The summed E-state index contributed by atoms with van der Waals surface area (Å²) >= 11 is 0. The molecule has 20 heavy (non-hydrogen) atoms. The third kappa shape index (κ3) is 3.67. The molecule has 0 saturated carbocycles. The summed E-state index contributed by atoms with van der Waals surface area (Å²) in [5.41, 5.74) is 3.74. The molecule has 0 fully saturated rings. The van der Waals surface area contributed by atoms with Gasteiger partial charge < -0.3 is 5.32 Å². The maximum Gasteiger partial charge on any atom is 0.0751 e. The van der Waals surface area contributed by atoms with Gasteiger partial charge in [0.05, 0.1) is 11.7 Å². The van der Waals surface area contributed by atoms with Crippen LogP contribution in [0.4, 0.5) is 0 Å². The number of hydrogen-bond donors (Lipinski definition) is 1. The predicted octanol–water partition coefficient (Wildman–Crippen LogP) is 4.29. The molecular weight excluding hydrogens is 244 g/mol. The Morgan fingerprint density at radius 3 is 2.25 bits per heavy atom. The number of nitrogens with one attached hydrogen (secondary N) is 1. The van der Waals surface area contributed by atoms with Gasteiger partial charge in [0.25, 0.3) is 0 Å². The molecule has 0 aliphatic rings. The lowest BCUT2D eigenvalue weighted by atomic mass is 9.97. The molecule has 2 aromatic rings. The molecule has 2 heteroatoms. The van der Waals surface area contributed by atoms with Crippen LogP contribution in [0.15, 0.2) is 48.7 Å². The van der Waals surface area contributed by atoms with E-state index in [4.69, 9.17) is 0 Å². The minimum Gasteiger partial charge on any atom is -0.305 e. The fourth-order valence-corrected chi connectivity index (χ4v) is 2.30. The van der Waals surface area contributed by atoms with Crippen molar-refractivity contribution in [2.24, 2.45) is 0 Å². The van der Waals surface area contributed by atoms with E-state index in [0.717, 1.165) is 18.7 Å². The summed E-state index contributed by atoms with van der Waals surface area (Å²) in [5.74, 6) is 0.570. The molecule has 0 spiro atoms. The van der Waals surface area contributed by atoms with Crippen LogP contribution in [0.2, 0.25) is 0 Å². The molecule has 0 bridgehead atoms. The predicted molar refractivity (Wildman–Crippen MR) is 84.9 cm³/mol. The molecule has 0 aliphatic heterocycles. The summed E-state index contributed by atoms with van der Waals surface area (Å²) in [4.78, 5) is 4.50. The van der Waals surface area contributed by atoms with Crippen LogP contribution in [0.3, 0.4) is 0 Å². The maximum atomic E-state index is 4.50. The van der Waals surface area contributed by atoms with Gasteiger partial charge in [0.2, 0.25) is 0 Å². The fraction of sp³-hybridized carbons (Fsp3) is 0.389. The fourth-order valence-electron chi connectivity index (χ4n) is 2.30. The van der Waals surface area contributed by atoms with Crippen LogP contribution in [0, 0.1) is 0 Å². The van der Waals surface area contributed by atoms with Gasteiger partial charge in [0, 0.05) is 6.20 Å². The standard InChI is InChI=1S/C18H24N2/c1-4-12-20-18(17-7-5-6-13-19-17)16-10-8-15(9-11-16)14(2)3/h5-11,13-14,18,20H,4,12H2,1-3H3. The van der Waals surface area contributed by atoms with Crippen molar-refractivity contribution in [3.8, 4) is 0 Å². The van der Waals surface area contributed by atoms with E-state index in [9.17, 15) is 0 Å². The van der Waals surface area contributed by atoms with Gasteiger partial charge >= 0.3 is 0 Å². The highest BCUT2D eigenvalue weighted by atomic mass is 14.9. The van der Waals surface area contributed by atoms with Crippen molar-refractivity contribution in [3.63, 3.8) is 0 Å². The second-order valence-electron chi connectivity index (χ2n) is 5.46. The highest BCUT2D eigenvalue weighted by molar-refractivity contribution is 5.31. The van der Waals surface area contributed by atoms with Gasteiger partial charge in [0.15, 0.2) is 0 Å². The Labute approximate surface area is 122 Å². The summed E-state index contributed by atoms with van der Waals surface area (Å²) in [6, 6.07) is 15.2. The van der Waals surface area contributed by atoms with E-state index >= 15 is 0 Å². The van der Waals surface area contributed by atoms with Crippen molar-refractivity contribution in [3.05, 3.63) is 65.5 Å². The third-order valence-electron chi connectivity index (χ3n) is 3.52. The summed E-state index contributed by atoms with van der Waals surface area (Å²) in [7, 11) is 0. The Morgan fingerprint density at radius 1 is 1.00 bits per heavy atom. The SMILES string of the molecule is CCCNC(c1ccc(C(C)C)cc1)c1ccccn1. The van der Waals surface area contributed by atoms with Gasteiger partial charge in [-0.3, -0.25) is 4.98 Å². The zero-order valence-corrected chi connectivity index (χ0v) is 12.6. The van der Waals surface area contributed by atoms with Crippen LogP contribution in [0.1, 0.15) is 56.0 Å². The number of pyridine rings is 1. The number of rotatable bonds is 6. The van der Waals surface area contributed by atoms with Gasteiger partial charge in [0.1, 0.15) is 0 Å². The Kier molecular flexibility index (Phi) is 5.31. The van der Waals surface area contributed by atoms with Gasteiger partial charge in [-0.1, -0.05) is 51.1 Å². The smallest absolute Gasteiger partial charge is 0.0751 e. The topological polar surface area (TPSA) is 24.9 Å². The Hall–Kier alpha value is -1.67. The average molecular weight is 268 g/mol.